The van der Waals surface area contributed by atoms with Gasteiger partial charge in [0.1, 0.15) is 4.21 Å². The number of hydrogen-bond acceptors (Lipinski definition) is 9. The number of carbonyl (C=O) groups is 2. The minimum atomic E-state index is -3.87. The average molecular weight is 459 g/mol. The summed E-state index contributed by atoms with van der Waals surface area (Å²) in [5.74, 6) is -0.813. The zero-order valence-corrected chi connectivity index (χ0v) is 19.0. The molecule has 0 aliphatic carbocycles. The van der Waals surface area contributed by atoms with Gasteiger partial charge in [-0.3, -0.25) is 4.79 Å². The summed E-state index contributed by atoms with van der Waals surface area (Å²) in [6.07, 6.45) is 0.364. The Labute approximate surface area is 177 Å². The third-order valence-corrected chi connectivity index (χ3v) is 8.59. The van der Waals surface area contributed by atoms with E-state index in [1.165, 1.54) is 18.5 Å². The van der Waals surface area contributed by atoms with Crippen LogP contribution in [0.2, 0.25) is 0 Å². The van der Waals surface area contributed by atoms with E-state index in [0.29, 0.717) is 30.0 Å². The van der Waals surface area contributed by atoms with Gasteiger partial charge in [0.25, 0.3) is 15.9 Å². The molecule has 2 aromatic rings. The van der Waals surface area contributed by atoms with Gasteiger partial charge in [-0.2, -0.15) is 4.31 Å². The molecule has 0 saturated heterocycles. The number of methoxy groups -OCH3 is 1. The topological polar surface area (TPSA) is 110 Å². The number of sulfonamides is 1. The highest BCUT2D eigenvalue weighted by Crippen LogP contribution is 2.38. The highest BCUT2D eigenvalue weighted by molar-refractivity contribution is 7.91. The third kappa shape index (κ3) is 4.20. The number of rotatable bonds is 6. The summed E-state index contributed by atoms with van der Waals surface area (Å²) in [6.45, 7) is 4.73. The second-order valence-electron chi connectivity index (χ2n) is 7.10. The van der Waals surface area contributed by atoms with E-state index < -0.39 is 16.0 Å². The number of amides is 1. The van der Waals surface area contributed by atoms with Crippen molar-refractivity contribution in [1.82, 2.24) is 18.8 Å². The Hall–Kier alpha value is -1.89. The molecule has 1 amide bonds. The first kappa shape index (κ1) is 21.8. The number of aromatic nitrogens is 2. The summed E-state index contributed by atoms with van der Waals surface area (Å²) in [6, 6.07) is 0. The summed E-state index contributed by atoms with van der Waals surface area (Å²) in [7, 11) is -1.14. The Morgan fingerprint density at radius 3 is 2.69 bits per heavy atom. The second kappa shape index (κ2) is 8.46. The molecule has 1 aliphatic heterocycles. The number of hydrogen-bond donors (Lipinski definition) is 0. The van der Waals surface area contributed by atoms with Crippen LogP contribution in [0.15, 0.2) is 9.59 Å². The molecule has 2 aromatic heterocycles. The number of carbonyl (C=O) groups excluding carboxylic acids is 2. The molecule has 1 aliphatic rings. The van der Waals surface area contributed by atoms with Crippen LogP contribution in [0, 0.1) is 5.92 Å². The fraction of sp³-hybridized carbons (Fsp3) is 0.529. The van der Waals surface area contributed by atoms with Crippen molar-refractivity contribution >= 4 is 44.8 Å². The zero-order chi connectivity index (χ0) is 21.3. The van der Waals surface area contributed by atoms with Gasteiger partial charge in [-0.05, 0) is 29.4 Å². The molecule has 0 spiro atoms. The lowest BCUT2D eigenvalue weighted by Crippen LogP contribution is -2.36. The maximum atomic E-state index is 13.2. The van der Waals surface area contributed by atoms with Crippen LogP contribution >= 0.6 is 22.9 Å². The molecule has 0 fully saturated rings. The zero-order valence-electron chi connectivity index (χ0n) is 16.5. The van der Waals surface area contributed by atoms with Gasteiger partial charge in [-0.25, -0.2) is 13.2 Å². The summed E-state index contributed by atoms with van der Waals surface area (Å²) < 4.78 is 36.1. The molecule has 0 unspecified atom stereocenters. The first-order chi connectivity index (χ1) is 13.7. The highest BCUT2D eigenvalue weighted by Gasteiger charge is 2.37. The van der Waals surface area contributed by atoms with Gasteiger partial charge in [-0.15, -0.1) is 16.4 Å². The quantitative estimate of drug-likeness (QED) is 0.608. The van der Waals surface area contributed by atoms with E-state index in [4.69, 9.17) is 4.74 Å². The van der Waals surface area contributed by atoms with Crippen molar-refractivity contribution in [3.05, 3.63) is 27.1 Å². The van der Waals surface area contributed by atoms with E-state index in [0.717, 1.165) is 22.9 Å². The molecule has 0 radical (unpaired) electrons. The van der Waals surface area contributed by atoms with Gasteiger partial charge < -0.3 is 9.64 Å². The third-order valence-electron chi connectivity index (χ3n) is 4.55. The van der Waals surface area contributed by atoms with Gasteiger partial charge in [0.15, 0.2) is 5.69 Å². The molecule has 0 aromatic carbocycles. The summed E-state index contributed by atoms with van der Waals surface area (Å²) in [4.78, 5) is 27.3. The smallest absolute Gasteiger partial charge is 0.340 e. The van der Waals surface area contributed by atoms with Crippen LogP contribution in [0.25, 0.3) is 0 Å². The Morgan fingerprint density at radius 2 is 2.10 bits per heavy atom. The van der Waals surface area contributed by atoms with Crippen LogP contribution in [0.4, 0.5) is 0 Å². The van der Waals surface area contributed by atoms with Crippen molar-refractivity contribution < 1.29 is 22.7 Å². The standard InChI is InChI=1S/C17H22N4O5S3/c1-10(2)7-20(3)29(24,25)17-14(16(23)26-4)11-5-6-21(8-13(11)28-17)15(22)12-9-27-19-18-12/h9-10H,5-8H2,1-4H3. The first-order valence-electron chi connectivity index (χ1n) is 8.92. The normalized spacial score (nSPS) is 14.3. The Bertz CT molecular complexity index is 1010. The van der Waals surface area contributed by atoms with E-state index in [1.54, 1.807) is 10.3 Å². The average Bonchev–Trinajstić information content (AvgIpc) is 3.33. The van der Waals surface area contributed by atoms with E-state index in [9.17, 15) is 18.0 Å². The van der Waals surface area contributed by atoms with E-state index in [1.807, 2.05) is 13.8 Å². The molecule has 0 bridgehead atoms. The molecule has 29 heavy (non-hydrogen) atoms. The number of nitrogens with zero attached hydrogens (tertiary/aromatic N) is 4. The molecule has 3 rings (SSSR count). The molecular formula is C17H22N4O5S3. The van der Waals surface area contributed by atoms with E-state index in [2.05, 4.69) is 9.59 Å². The van der Waals surface area contributed by atoms with Gasteiger partial charge in [0.05, 0.1) is 19.2 Å². The van der Waals surface area contributed by atoms with E-state index >= 15 is 0 Å². The Kier molecular flexibility index (Phi) is 6.36. The van der Waals surface area contributed by atoms with Gasteiger partial charge >= 0.3 is 5.97 Å². The molecule has 0 atom stereocenters. The Balaban J connectivity index is 2.00. The van der Waals surface area contributed by atoms with Crippen molar-refractivity contribution in [3.63, 3.8) is 0 Å². The van der Waals surface area contributed by atoms with Crippen LogP contribution in [0.1, 0.15) is 45.1 Å². The predicted molar refractivity (Wildman–Crippen MR) is 109 cm³/mol. The minimum Gasteiger partial charge on any atom is -0.465 e. The van der Waals surface area contributed by atoms with Gasteiger partial charge in [-0.1, -0.05) is 18.3 Å². The van der Waals surface area contributed by atoms with Crippen LogP contribution in [0.5, 0.6) is 0 Å². The van der Waals surface area contributed by atoms with Gasteiger partial charge in [0, 0.05) is 30.4 Å². The van der Waals surface area contributed by atoms with Crippen molar-refractivity contribution in [3.8, 4) is 0 Å². The second-order valence-corrected chi connectivity index (χ2v) is 11.1. The molecule has 0 N–H and O–H groups in total. The highest BCUT2D eigenvalue weighted by atomic mass is 32.2. The molecule has 9 nitrogen and oxygen atoms in total. The van der Waals surface area contributed by atoms with Crippen LogP contribution in [-0.4, -0.2) is 66.3 Å². The van der Waals surface area contributed by atoms with Crippen molar-refractivity contribution in [2.75, 3.05) is 27.2 Å². The SMILES string of the molecule is COC(=O)c1c(S(=O)(=O)N(C)CC(C)C)sc2c1CCN(C(=O)c1csnn1)C2. The number of fused-ring (bicyclic) bond motifs is 1. The van der Waals surface area contributed by atoms with E-state index in [-0.39, 0.29) is 33.8 Å². The summed E-state index contributed by atoms with van der Waals surface area (Å²) >= 11 is 2.12. The molecule has 12 heteroatoms. The number of thiophene rings is 1. The fourth-order valence-electron chi connectivity index (χ4n) is 3.22. The maximum Gasteiger partial charge on any atom is 0.340 e. The molecular weight excluding hydrogens is 436 g/mol. The summed E-state index contributed by atoms with van der Waals surface area (Å²) in [5, 5.41) is 5.38. The van der Waals surface area contributed by atoms with Crippen molar-refractivity contribution in [2.45, 2.75) is 31.0 Å². The maximum absolute atomic E-state index is 13.2. The van der Waals surface area contributed by atoms with Crippen LogP contribution < -0.4 is 0 Å². The minimum absolute atomic E-state index is 0.0258. The van der Waals surface area contributed by atoms with Crippen LogP contribution in [-0.2, 0) is 27.7 Å². The van der Waals surface area contributed by atoms with Crippen molar-refractivity contribution in [2.24, 2.45) is 5.92 Å². The molecule has 158 valence electrons. The first-order valence-corrected chi connectivity index (χ1v) is 12.0. The fourth-order valence-corrected chi connectivity index (χ4v) is 7.07. The van der Waals surface area contributed by atoms with Crippen molar-refractivity contribution in [1.29, 1.82) is 0 Å². The largest absolute Gasteiger partial charge is 0.465 e. The molecule has 3 heterocycles. The predicted octanol–water partition coefficient (Wildman–Crippen LogP) is 1.86. The molecule has 0 saturated carbocycles. The lowest BCUT2D eigenvalue weighted by Gasteiger charge is -2.26. The van der Waals surface area contributed by atoms with Crippen LogP contribution in [0.3, 0.4) is 0 Å². The van der Waals surface area contributed by atoms with Gasteiger partial charge in [0.2, 0.25) is 0 Å². The number of ether oxygens (including phenoxy) is 1. The lowest BCUT2D eigenvalue weighted by molar-refractivity contribution is 0.0595. The lowest BCUT2D eigenvalue weighted by atomic mass is 10.0. The Morgan fingerprint density at radius 1 is 1.38 bits per heavy atom. The monoisotopic (exact) mass is 458 g/mol. The summed E-state index contributed by atoms with van der Waals surface area (Å²) in [5.41, 5.74) is 0.983. The number of esters is 1.